The van der Waals surface area contributed by atoms with E-state index >= 15 is 0 Å². The Bertz CT molecular complexity index is 897. The van der Waals surface area contributed by atoms with E-state index in [2.05, 4.69) is 31.3 Å². The number of ether oxygens (including phenoxy) is 2. The molecule has 1 N–H and O–H groups in total. The molecule has 142 valence electrons. The molecule has 0 aliphatic carbocycles. The number of carbonyl (C=O) groups is 1. The molecule has 3 rings (SSSR count). The Morgan fingerprint density at radius 3 is 2.74 bits per heavy atom. The number of amides is 1. The van der Waals surface area contributed by atoms with E-state index in [1.165, 1.54) is 18.3 Å². The van der Waals surface area contributed by atoms with Gasteiger partial charge in [0.2, 0.25) is 6.10 Å². The fraction of sp³-hybridized carbons (Fsp3) is 0.333. The van der Waals surface area contributed by atoms with E-state index in [1.807, 2.05) is 18.2 Å². The third-order valence-corrected chi connectivity index (χ3v) is 3.92. The normalized spacial score (nSPS) is 16.3. The zero-order valence-electron chi connectivity index (χ0n) is 15.1. The largest absolute Gasteiger partial charge is 0.485 e. The summed E-state index contributed by atoms with van der Waals surface area (Å²) in [5.74, 6) is 0.318. The van der Waals surface area contributed by atoms with Crippen molar-refractivity contribution in [2.75, 3.05) is 6.61 Å². The molecule has 9 nitrogen and oxygen atoms in total. The molecule has 1 aromatic carbocycles. The minimum absolute atomic E-state index is 0.0510. The van der Waals surface area contributed by atoms with Gasteiger partial charge in [-0.1, -0.05) is 26.8 Å². The van der Waals surface area contributed by atoms with Gasteiger partial charge in [0, 0.05) is 0 Å². The molecule has 0 spiro atoms. The number of fused-ring (bicyclic) bond motifs is 1. The maximum Gasteiger partial charge on any atom is 0.433 e. The zero-order chi connectivity index (χ0) is 19.6. The van der Waals surface area contributed by atoms with Crippen LogP contribution < -0.4 is 14.9 Å². The molecule has 1 aliphatic rings. The summed E-state index contributed by atoms with van der Waals surface area (Å²) < 4.78 is 16.2. The van der Waals surface area contributed by atoms with Crippen molar-refractivity contribution in [2.45, 2.75) is 32.3 Å². The Hall–Kier alpha value is -3.36. The van der Waals surface area contributed by atoms with Crippen LogP contribution in [0.25, 0.3) is 0 Å². The summed E-state index contributed by atoms with van der Waals surface area (Å²) in [4.78, 5) is 22.1. The van der Waals surface area contributed by atoms with Crippen molar-refractivity contribution in [1.82, 2.24) is 5.43 Å². The molecule has 0 radical (unpaired) electrons. The standard InChI is InChI=1S/C18H19N3O6/c1-18(2,3)11-4-6-13-14(8-11)27-15(10-25-13)17(22)20-19-9-12-5-7-16(26-12)21(23)24/h4-9,15H,10H2,1-3H3,(H,20,22)/b19-9-/t15-/m0/s1. The van der Waals surface area contributed by atoms with E-state index in [0.717, 1.165) is 5.56 Å². The van der Waals surface area contributed by atoms with Gasteiger partial charge >= 0.3 is 5.88 Å². The molecule has 1 aliphatic heterocycles. The second-order valence-electron chi connectivity index (χ2n) is 7.00. The molecule has 9 heteroatoms. The van der Waals surface area contributed by atoms with Crippen molar-refractivity contribution < 1.29 is 23.6 Å². The van der Waals surface area contributed by atoms with E-state index in [1.54, 1.807) is 0 Å². The van der Waals surface area contributed by atoms with Gasteiger partial charge in [0.1, 0.15) is 11.5 Å². The highest BCUT2D eigenvalue weighted by Crippen LogP contribution is 2.36. The van der Waals surface area contributed by atoms with Crippen LogP contribution in [0.3, 0.4) is 0 Å². The summed E-state index contributed by atoms with van der Waals surface area (Å²) in [6.07, 6.45) is 0.302. The molecule has 2 aromatic rings. The van der Waals surface area contributed by atoms with Crippen LogP contribution >= 0.6 is 0 Å². The molecule has 1 atom stereocenters. The first-order valence-electron chi connectivity index (χ1n) is 8.25. The third-order valence-electron chi connectivity index (χ3n) is 3.92. The summed E-state index contributed by atoms with van der Waals surface area (Å²) in [5.41, 5.74) is 3.30. The van der Waals surface area contributed by atoms with Crippen LogP contribution in [-0.2, 0) is 10.2 Å². The van der Waals surface area contributed by atoms with Gasteiger partial charge in [-0.25, -0.2) is 5.43 Å². The van der Waals surface area contributed by atoms with Crippen LogP contribution in [0.4, 0.5) is 5.88 Å². The lowest BCUT2D eigenvalue weighted by Gasteiger charge is -2.27. The number of nitrogens with zero attached hydrogens (tertiary/aromatic N) is 2. The Kier molecular flexibility index (Phi) is 4.85. The topological polar surface area (TPSA) is 116 Å². The fourth-order valence-electron chi connectivity index (χ4n) is 2.41. The number of benzene rings is 1. The number of nitro groups is 1. The molecule has 1 amide bonds. The Morgan fingerprint density at radius 1 is 1.30 bits per heavy atom. The number of furan rings is 1. The molecule has 0 saturated heterocycles. The smallest absolute Gasteiger partial charge is 0.433 e. The molecule has 27 heavy (non-hydrogen) atoms. The number of nitrogens with one attached hydrogen (secondary N) is 1. The quantitative estimate of drug-likeness (QED) is 0.500. The lowest BCUT2D eigenvalue weighted by molar-refractivity contribution is -0.402. The highest BCUT2D eigenvalue weighted by Gasteiger charge is 2.28. The second-order valence-corrected chi connectivity index (χ2v) is 7.00. The molecule has 0 fully saturated rings. The van der Waals surface area contributed by atoms with E-state index in [4.69, 9.17) is 13.9 Å². The molecule has 2 heterocycles. The van der Waals surface area contributed by atoms with Crippen molar-refractivity contribution in [3.63, 3.8) is 0 Å². The van der Waals surface area contributed by atoms with Gasteiger partial charge in [0.15, 0.2) is 17.3 Å². The highest BCUT2D eigenvalue weighted by atomic mass is 16.6. The molecular formula is C18H19N3O6. The molecule has 0 unspecified atom stereocenters. The van der Waals surface area contributed by atoms with Crippen LogP contribution in [0, 0.1) is 10.1 Å². The predicted molar refractivity (Wildman–Crippen MR) is 96.2 cm³/mol. The van der Waals surface area contributed by atoms with Crippen molar-refractivity contribution in [2.24, 2.45) is 5.10 Å². The van der Waals surface area contributed by atoms with Gasteiger partial charge in [-0.05, 0) is 29.2 Å². The predicted octanol–water partition coefficient (Wildman–Crippen LogP) is 2.78. The summed E-state index contributed by atoms with van der Waals surface area (Å²) >= 11 is 0. The molecule has 0 saturated carbocycles. The van der Waals surface area contributed by atoms with Gasteiger partial charge in [-0.2, -0.15) is 5.10 Å². The fourth-order valence-corrected chi connectivity index (χ4v) is 2.41. The maximum atomic E-state index is 12.2. The number of hydrogen-bond donors (Lipinski definition) is 1. The van der Waals surface area contributed by atoms with Crippen molar-refractivity contribution in [1.29, 1.82) is 0 Å². The van der Waals surface area contributed by atoms with Crippen molar-refractivity contribution in [3.8, 4) is 11.5 Å². The number of carbonyl (C=O) groups excluding carboxylic acids is 1. The van der Waals surface area contributed by atoms with Crippen LogP contribution in [-0.4, -0.2) is 29.8 Å². The summed E-state index contributed by atoms with van der Waals surface area (Å²) in [6, 6.07) is 8.23. The summed E-state index contributed by atoms with van der Waals surface area (Å²) in [5, 5.41) is 14.3. The van der Waals surface area contributed by atoms with Gasteiger partial charge in [-0.3, -0.25) is 14.9 Å². The average molecular weight is 373 g/mol. The van der Waals surface area contributed by atoms with Crippen LogP contribution in [0.2, 0.25) is 0 Å². The van der Waals surface area contributed by atoms with Gasteiger partial charge in [-0.15, -0.1) is 0 Å². The van der Waals surface area contributed by atoms with Crippen LogP contribution in [0.1, 0.15) is 32.1 Å². The Morgan fingerprint density at radius 2 is 2.07 bits per heavy atom. The first-order valence-corrected chi connectivity index (χ1v) is 8.25. The number of hydrogen-bond acceptors (Lipinski definition) is 7. The van der Waals surface area contributed by atoms with Gasteiger partial charge in [0.05, 0.1) is 12.3 Å². The lowest BCUT2D eigenvalue weighted by atomic mass is 9.87. The minimum Gasteiger partial charge on any atom is -0.485 e. The summed E-state index contributed by atoms with van der Waals surface area (Å²) in [7, 11) is 0. The zero-order valence-corrected chi connectivity index (χ0v) is 15.1. The number of rotatable bonds is 4. The van der Waals surface area contributed by atoms with Crippen LogP contribution in [0.5, 0.6) is 11.5 Å². The SMILES string of the molecule is CC(C)(C)c1ccc2c(c1)O[C@H](C(=O)N/N=C\c1ccc([N+](=O)[O-])o1)CO2. The first-order chi connectivity index (χ1) is 12.7. The van der Waals surface area contributed by atoms with E-state index in [0.29, 0.717) is 11.5 Å². The molecule has 1 aromatic heterocycles. The van der Waals surface area contributed by atoms with Crippen molar-refractivity contribution in [3.05, 3.63) is 51.8 Å². The second kappa shape index (κ2) is 7.10. The third kappa shape index (κ3) is 4.25. The average Bonchev–Trinajstić information content (AvgIpc) is 3.09. The monoisotopic (exact) mass is 373 g/mol. The number of hydrazone groups is 1. The Labute approximate surface area is 155 Å². The minimum atomic E-state index is -0.865. The molecular weight excluding hydrogens is 354 g/mol. The van der Waals surface area contributed by atoms with E-state index < -0.39 is 22.8 Å². The summed E-state index contributed by atoms with van der Waals surface area (Å²) in [6.45, 7) is 6.29. The first kappa shape index (κ1) is 18.4. The van der Waals surface area contributed by atoms with E-state index in [-0.39, 0.29) is 17.8 Å². The van der Waals surface area contributed by atoms with E-state index in [9.17, 15) is 14.9 Å². The van der Waals surface area contributed by atoms with Gasteiger partial charge < -0.3 is 13.9 Å². The lowest BCUT2D eigenvalue weighted by Crippen LogP contribution is -2.42. The highest BCUT2D eigenvalue weighted by molar-refractivity contribution is 5.84. The Balaban J connectivity index is 1.63. The maximum absolute atomic E-state index is 12.2. The van der Waals surface area contributed by atoms with Gasteiger partial charge in [0.25, 0.3) is 5.91 Å². The van der Waals surface area contributed by atoms with Crippen molar-refractivity contribution >= 4 is 18.0 Å². The molecule has 0 bridgehead atoms. The van der Waals surface area contributed by atoms with Crippen LogP contribution in [0.15, 0.2) is 39.9 Å².